The zero-order valence-corrected chi connectivity index (χ0v) is 16.4. The van der Waals surface area contributed by atoms with Crippen LogP contribution in [0.25, 0.3) is 11.3 Å². The van der Waals surface area contributed by atoms with E-state index in [4.69, 9.17) is 9.88 Å². The summed E-state index contributed by atoms with van der Waals surface area (Å²) in [5.74, 6) is -2.93. The Bertz CT molecular complexity index is 1070. The number of anilines is 1. The van der Waals surface area contributed by atoms with E-state index in [2.05, 4.69) is 9.97 Å². The number of aromatic nitrogens is 2. The zero-order chi connectivity index (χ0) is 21.0. The van der Waals surface area contributed by atoms with Gasteiger partial charge in [0.25, 0.3) is 5.92 Å². The molecule has 1 fully saturated rings. The summed E-state index contributed by atoms with van der Waals surface area (Å²) in [4.78, 5) is 9.84. The Morgan fingerprint density at radius 3 is 2.69 bits per heavy atom. The number of benzene rings is 1. The third-order valence-corrected chi connectivity index (χ3v) is 5.93. The number of nitrogens with zero attached hydrogens (tertiary/aromatic N) is 3. The standard InChI is InChI=1S/C18H20F2N4O4S/c1-2-28-13-4-3-10(7-14(13)29(21,26)27)15-12-5-6-18(19,20)16(12)23-17(22-15)24-8-11(25)9-24/h3-4,7,11,25H,2,5-6,8-9H2,1H3,(H2,21,26,27). The molecule has 11 heteroatoms. The first-order valence-electron chi connectivity index (χ1n) is 9.12. The molecular formula is C18H20F2N4O4S. The van der Waals surface area contributed by atoms with Gasteiger partial charge in [-0.15, -0.1) is 0 Å². The van der Waals surface area contributed by atoms with Crippen LogP contribution in [0.4, 0.5) is 14.7 Å². The number of aliphatic hydroxyl groups excluding tert-OH is 1. The maximum atomic E-state index is 14.4. The third-order valence-electron chi connectivity index (χ3n) is 5.00. The van der Waals surface area contributed by atoms with Crippen LogP contribution in [0.3, 0.4) is 0 Å². The number of fused-ring (bicyclic) bond motifs is 1. The number of ether oxygens (including phenoxy) is 1. The van der Waals surface area contributed by atoms with Crippen molar-refractivity contribution >= 4 is 16.0 Å². The molecule has 1 aromatic carbocycles. The lowest BCUT2D eigenvalue weighted by Gasteiger charge is -2.36. The highest BCUT2D eigenvalue weighted by Crippen LogP contribution is 2.45. The summed E-state index contributed by atoms with van der Waals surface area (Å²) in [6.45, 7) is 2.43. The molecule has 0 radical (unpaired) electrons. The summed E-state index contributed by atoms with van der Waals surface area (Å²) < 4.78 is 58.2. The highest BCUT2D eigenvalue weighted by atomic mass is 32.2. The average molecular weight is 426 g/mol. The first-order valence-corrected chi connectivity index (χ1v) is 10.7. The molecule has 0 saturated carbocycles. The molecule has 2 heterocycles. The van der Waals surface area contributed by atoms with E-state index in [1.807, 2.05) is 0 Å². The van der Waals surface area contributed by atoms with Crippen LogP contribution in [0, 0.1) is 0 Å². The fourth-order valence-corrected chi connectivity index (χ4v) is 4.26. The van der Waals surface area contributed by atoms with Crippen LogP contribution < -0.4 is 14.8 Å². The van der Waals surface area contributed by atoms with E-state index in [0.717, 1.165) is 0 Å². The predicted molar refractivity (Wildman–Crippen MR) is 100 cm³/mol. The van der Waals surface area contributed by atoms with Gasteiger partial charge in [0.2, 0.25) is 16.0 Å². The van der Waals surface area contributed by atoms with E-state index < -0.39 is 28.5 Å². The second-order valence-electron chi connectivity index (χ2n) is 7.10. The van der Waals surface area contributed by atoms with E-state index in [1.54, 1.807) is 17.9 Å². The minimum atomic E-state index is -4.11. The monoisotopic (exact) mass is 426 g/mol. The molecule has 29 heavy (non-hydrogen) atoms. The highest BCUT2D eigenvalue weighted by Gasteiger charge is 2.44. The van der Waals surface area contributed by atoms with Crippen LogP contribution in [0.15, 0.2) is 23.1 Å². The fourth-order valence-electron chi connectivity index (χ4n) is 3.56. The van der Waals surface area contributed by atoms with Crippen LogP contribution in [0.5, 0.6) is 5.75 Å². The van der Waals surface area contributed by atoms with E-state index in [1.165, 1.54) is 12.1 Å². The van der Waals surface area contributed by atoms with Crippen LogP contribution >= 0.6 is 0 Å². The van der Waals surface area contributed by atoms with Gasteiger partial charge >= 0.3 is 0 Å². The van der Waals surface area contributed by atoms with Gasteiger partial charge in [-0.1, -0.05) is 0 Å². The lowest BCUT2D eigenvalue weighted by molar-refractivity contribution is -0.00597. The lowest BCUT2D eigenvalue weighted by Crippen LogP contribution is -2.51. The van der Waals surface area contributed by atoms with Crippen molar-refractivity contribution in [1.82, 2.24) is 9.97 Å². The smallest absolute Gasteiger partial charge is 0.290 e. The Morgan fingerprint density at radius 1 is 1.34 bits per heavy atom. The molecule has 1 aliphatic carbocycles. The Morgan fingerprint density at radius 2 is 2.07 bits per heavy atom. The summed E-state index contributed by atoms with van der Waals surface area (Å²) >= 11 is 0. The molecule has 0 bridgehead atoms. The Balaban J connectivity index is 1.89. The average Bonchev–Trinajstić information content (AvgIpc) is 2.93. The van der Waals surface area contributed by atoms with Crippen molar-refractivity contribution in [2.24, 2.45) is 5.14 Å². The van der Waals surface area contributed by atoms with E-state index >= 15 is 0 Å². The topological polar surface area (TPSA) is 119 Å². The van der Waals surface area contributed by atoms with Gasteiger partial charge in [0.05, 0.1) is 18.4 Å². The van der Waals surface area contributed by atoms with Crippen molar-refractivity contribution in [3.63, 3.8) is 0 Å². The van der Waals surface area contributed by atoms with Gasteiger partial charge < -0.3 is 14.7 Å². The number of rotatable bonds is 5. The maximum Gasteiger partial charge on any atom is 0.290 e. The second kappa shape index (κ2) is 6.85. The van der Waals surface area contributed by atoms with Gasteiger partial charge in [0.1, 0.15) is 16.3 Å². The Hall–Kier alpha value is -2.37. The highest BCUT2D eigenvalue weighted by molar-refractivity contribution is 7.89. The normalized spacial score (nSPS) is 18.4. The molecule has 0 spiro atoms. The number of alkyl halides is 2. The van der Waals surface area contributed by atoms with Crippen molar-refractivity contribution < 1.29 is 27.0 Å². The quantitative estimate of drug-likeness (QED) is 0.742. The number of aliphatic hydroxyl groups is 1. The minimum absolute atomic E-state index is 0.0679. The van der Waals surface area contributed by atoms with Crippen molar-refractivity contribution in [2.45, 2.75) is 36.7 Å². The van der Waals surface area contributed by atoms with Crippen molar-refractivity contribution in [1.29, 1.82) is 0 Å². The molecule has 0 amide bonds. The summed E-state index contributed by atoms with van der Waals surface area (Å²) in [5, 5.41) is 14.8. The van der Waals surface area contributed by atoms with Gasteiger partial charge in [0, 0.05) is 30.6 Å². The van der Waals surface area contributed by atoms with Gasteiger partial charge in [0.15, 0.2) is 0 Å². The van der Waals surface area contributed by atoms with Gasteiger partial charge in [-0.05, 0) is 31.5 Å². The van der Waals surface area contributed by atoms with Crippen LogP contribution in [-0.4, -0.2) is 49.3 Å². The molecule has 2 aromatic rings. The molecule has 2 aliphatic rings. The van der Waals surface area contributed by atoms with E-state index in [-0.39, 0.29) is 59.7 Å². The van der Waals surface area contributed by atoms with Gasteiger partial charge in [-0.2, -0.15) is 8.78 Å². The van der Waals surface area contributed by atoms with Crippen LogP contribution in [-0.2, 0) is 22.4 Å². The predicted octanol–water partition coefficient (Wildman–Crippen LogP) is 1.41. The van der Waals surface area contributed by atoms with Crippen molar-refractivity contribution in [3.05, 3.63) is 29.5 Å². The molecule has 156 valence electrons. The van der Waals surface area contributed by atoms with Crippen LogP contribution in [0.1, 0.15) is 24.6 Å². The number of halogens is 2. The van der Waals surface area contributed by atoms with E-state index in [9.17, 15) is 22.3 Å². The number of nitrogens with two attached hydrogens (primary N) is 1. The van der Waals surface area contributed by atoms with Crippen LogP contribution in [0.2, 0.25) is 0 Å². The van der Waals surface area contributed by atoms with Crippen molar-refractivity contribution in [3.8, 4) is 17.0 Å². The molecule has 8 nitrogen and oxygen atoms in total. The Labute approximate surface area is 166 Å². The first-order chi connectivity index (χ1) is 13.6. The van der Waals surface area contributed by atoms with E-state index in [0.29, 0.717) is 5.56 Å². The first kappa shape index (κ1) is 19.9. The second-order valence-corrected chi connectivity index (χ2v) is 8.63. The van der Waals surface area contributed by atoms with Gasteiger partial charge in [-0.25, -0.2) is 23.5 Å². The summed E-state index contributed by atoms with van der Waals surface area (Å²) in [6, 6.07) is 4.29. The lowest BCUT2D eigenvalue weighted by atomic mass is 10.0. The SMILES string of the molecule is CCOc1ccc(-c2nc(N3CC(O)C3)nc3c2CCC3(F)F)cc1S(N)(=O)=O. The minimum Gasteiger partial charge on any atom is -0.492 e. The third kappa shape index (κ3) is 3.53. The summed E-state index contributed by atoms with van der Waals surface area (Å²) in [7, 11) is -4.11. The fraction of sp³-hybridized carbons (Fsp3) is 0.444. The summed E-state index contributed by atoms with van der Waals surface area (Å²) in [5.41, 5.74) is 0.488. The molecule has 1 aromatic heterocycles. The molecule has 0 atom stereocenters. The number of sulfonamides is 1. The number of β-amino-alcohol motifs (C(OH)–C–C–N with tert-alkyl or cyclic N) is 1. The number of hydrogen-bond donors (Lipinski definition) is 2. The molecule has 1 aliphatic heterocycles. The largest absolute Gasteiger partial charge is 0.492 e. The summed E-state index contributed by atoms with van der Waals surface area (Å²) in [6.07, 6.45) is -0.886. The molecule has 4 rings (SSSR count). The zero-order valence-electron chi connectivity index (χ0n) is 15.6. The Kier molecular flexibility index (Phi) is 4.71. The van der Waals surface area contributed by atoms with Crippen molar-refractivity contribution in [2.75, 3.05) is 24.6 Å². The molecule has 3 N–H and O–H groups in total. The molecule has 0 unspecified atom stereocenters. The van der Waals surface area contributed by atoms with Gasteiger partial charge in [-0.3, -0.25) is 0 Å². The maximum absolute atomic E-state index is 14.4. The molecule has 1 saturated heterocycles. The molecular weight excluding hydrogens is 406 g/mol. The number of hydrogen-bond acceptors (Lipinski definition) is 7. The number of primary sulfonamides is 1.